The number of rotatable bonds is 5. The van der Waals surface area contributed by atoms with E-state index in [9.17, 15) is 14.9 Å². The second kappa shape index (κ2) is 7.95. The number of nitro benzene ring substituents is 1. The zero-order valence-corrected chi connectivity index (χ0v) is 14.8. The molecule has 26 heavy (non-hydrogen) atoms. The van der Waals surface area contributed by atoms with Crippen LogP contribution >= 0.6 is 0 Å². The van der Waals surface area contributed by atoms with Gasteiger partial charge >= 0.3 is 0 Å². The molecule has 0 fully saturated rings. The van der Waals surface area contributed by atoms with Crippen LogP contribution in [-0.4, -0.2) is 10.8 Å². The number of nitrogens with one attached hydrogen (secondary N) is 1. The van der Waals surface area contributed by atoms with Gasteiger partial charge in [-0.1, -0.05) is 18.2 Å². The quantitative estimate of drug-likeness (QED) is 0.494. The summed E-state index contributed by atoms with van der Waals surface area (Å²) in [4.78, 5) is 22.4. The molecule has 134 valence electrons. The van der Waals surface area contributed by atoms with Crippen molar-refractivity contribution in [1.29, 1.82) is 0 Å². The smallest absolute Gasteiger partial charge is 0.269 e. The summed E-state index contributed by atoms with van der Waals surface area (Å²) in [5.41, 5.74) is 4.72. The van der Waals surface area contributed by atoms with Gasteiger partial charge < -0.3 is 5.32 Å². The molecule has 2 aromatic carbocycles. The molecule has 3 rings (SSSR count). The minimum atomic E-state index is -0.444. The van der Waals surface area contributed by atoms with E-state index in [0.717, 1.165) is 24.0 Å². The van der Waals surface area contributed by atoms with Gasteiger partial charge in [-0.15, -0.1) is 0 Å². The Kier molecular flexibility index (Phi) is 5.46. The number of fused-ring (bicyclic) bond motifs is 1. The Hall–Kier alpha value is -2.95. The number of nitro groups is 1. The maximum absolute atomic E-state index is 12.2. The number of carbonyl (C=O) groups excluding carboxylic acids is 1. The highest BCUT2D eigenvalue weighted by atomic mass is 16.6. The largest absolute Gasteiger partial charge is 0.346 e. The molecule has 0 spiro atoms. The molecule has 1 N–H and O–H groups in total. The van der Waals surface area contributed by atoms with Crippen LogP contribution in [0.2, 0.25) is 0 Å². The predicted octanol–water partition coefficient (Wildman–Crippen LogP) is 4.36. The lowest BCUT2D eigenvalue weighted by Gasteiger charge is -2.19. The van der Waals surface area contributed by atoms with Gasteiger partial charge in [0.15, 0.2) is 0 Å². The highest BCUT2D eigenvalue weighted by Crippen LogP contribution is 2.24. The molecule has 0 saturated heterocycles. The number of aryl methyl sites for hydroxylation is 2. The van der Waals surface area contributed by atoms with E-state index < -0.39 is 4.92 Å². The van der Waals surface area contributed by atoms with Gasteiger partial charge in [0.2, 0.25) is 5.91 Å². The molecule has 1 atom stereocenters. The fourth-order valence-electron chi connectivity index (χ4n) is 3.25. The Labute approximate surface area is 152 Å². The van der Waals surface area contributed by atoms with E-state index in [1.54, 1.807) is 18.2 Å². The first kappa shape index (κ1) is 17.9. The van der Waals surface area contributed by atoms with Crippen molar-refractivity contribution in [3.63, 3.8) is 0 Å². The Morgan fingerprint density at radius 2 is 1.81 bits per heavy atom. The van der Waals surface area contributed by atoms with Crippen LogP contribution in [0, 0.1) is 10.1 Å². The molecule has 0 unspecified atom stereocenters. The molecule has 0 heterocycles. The van der Waals surface area contributed by atoms with Crippen LogP contribution in [0.5, 0.6) is 0 Å². The third-order valence-corrected chi connectivity index (χ3v) is 4.76. The van der Waals surface area contributed by atoms with Crippen molar-refractivity contribution in [1.82, 2.24) is 5.32 Å². The van der Waals surface area contributed by atoms with Gasteiger partial charge in [-0.25, -0.2) is 0 Å². The Balaban J connectivity index is 1.61. The van der Waals surface area contributed by atoms with Crippen molar-refractivity contribution < 1.29 is 9.72 Å². The fourth-order valence-corrected chi connectivity index (χ4v) is 3.25. The number of benzene rings is 2. The van der Waals surface area contributed by atoms with Gasteiger partial charge in [0.05, 0.1) is 11.0 Å². The highest BCUT2D eigenvalue weighted by Gasteiger charge is 2.13. The van der Waals surface area contributed by atoms with Gasteiger partial charge in [-0.3, -0.25) is 14.9 Å². The number of amides is 1. The summed E-state index contributed by atoms with van der Waals surface area (Å²) in [6, 6.07) is 12.5. The van der Waals surface area contributed by atoms with E-state index in [2.05, 4.69) is 23.5 Å². The van der Waals surface area contributed by atoms with Crippen LogP contribution < -0.4 is 5.32 Å². The average molecular weight is 350 g/mol. The lowest BCUT2D eigenvalue weighted by Crippen LogP contribution is -2.24. The summed E-state index contributed by atoms with van der Waals surface area (Å²) in [6.07, 6.45) is 7.86. The van der Waals surface area contributed by atoms with Crippen LogP contribution in [-0.2, 0) is 17.6 Å². The molecule has 1 aliphatic rings. The summed E-state index contributed by atoms with van der Waals surface area (Å²) >= 11 is 0. The van der Waals surface area contributed by atoms with Crippen molar-refractivity contribution in [2.24, 2.45) is 0 Å². The minimum absolute atomic E-state index is 0.0348. The molecular weight excluding hydrogens is 328 g/mol. The lowest BCUT2D eigenvalue weighted by molar-refractivity contribution is -0.384. The maximum Gasteiger partial charge on any atom is 0.269 e. The van der Waals surface area contributed by atoms with Crippen molar-refractivity contribution in [3.8, 4) is 0 Å². The van der Waals surface area contributed by atoms with Crippen LogP contribution in [0.3, 0.4) is 0 Å². The van der Waals surface area contributed by atoms with Crippen molar-refractivity contribution in [2.45, 2.75) is 38.6 Å². The normalized spacial score (nSPS) is 14.7. The molecule has 0 bridgehead atoms. The highest BCUT2D eigenvalue weighted by molar-refractivity contribution is 5.92. The summed E-state index contributed by atoms with van der Waals surface area (Å²) in [7, 11) is 0. The van der Waals surface area contributed by atoms with Crippen LogP contribution in [0.15, 0.2) is 48.5 Å². The van der Waals surface area contributed by atoms with Crippen LogP contribution in [0.1, 0.15) is 48.1 Å². The lowest BCUT2D eigenvalue weighted by atomic mass is 9.89. The number of non-ortho nitro benzene ring substituents is 1. The molecule has 0 radical (unpaired) electrons. The van der Waals surface area contributed by atoms with E-state index in [1.165, 1.54) is 42.2 Å². The number of carbonyl (C=O) groups is 1. The molecule has 2 aromatic rings. The topological polar surface area (TPSA) is 72.2 Å². The summed E-state index contributed by atoms with van der Waals surface area (Å²) < 4.78 is 0. The molecule has 0 aliphatic heterocycles. The molecule has 1 aliphatic carbocycles. The SMILES string of the molecule is C[C@H](NC(=O)/C=C/c1ccc([N+](=O)[O-])cc1)c1ccc2c(c1)CCCC2. The monoisotopic (exact) mass is 350 g/mol. The average Bonchev–Trinajstić information content (AvgIpc) is 2.66. The van der Waals surface area contributed by atoms with E-state index in [4.69, 9.17) is 0 Å². The standard InChI is InChI=1S/C21H22N2O3/c1-15(18-10-9-17-4-2-3-5-19(17)14-18)22-21(24)13-8-16-6-11-20(12-7-16)23(25)26/h6-15H,2-5H2,1H3,(H,22,24)/b13-8+/t15-/m0/s1. The Bertz CT molecular complexity index is 841. The maximum atomic E-state index is 12.2. The van der Waals surface area contributed by atoms with E-state index >= 15 is 0 Å². The van der Waals surface area contributed by atoms with Gasteiger partial charge in [0.25, 0.3) is 5.69 Å². The van der Waals surface area contributed by atoms with Crippen molar-refractivity contribution in [3.05, 3.63) is 80.9 Å². The number of hydrogen-bond acceptors (Lipinski definition) is 3. The molecular formula is C21H22N2O3. The van der Waals surface area contributed by atoms with Crippen LogP contribution in [0.25, 0.3) is 6.08 Å². The summed E-state index contributed by atoms with van der Waals surface area (Å²) in [6.45, 7) is 1.97. The molecule has 1 amide bonds. The van der Waals surface area contributed by atoms with E-state index in [0.29, 0.717) is 0 Å². The van der Waals surface area contributed by atoms with Gasteiger partial charge in [-0.2, -0.15) is 0 Å². The van der Waals surface area contributed by atoms with Gasteiger partial charge in [0, 0.05) is 18.2 Å². The summed E-state index contributed by atoms with van der Waals surface area (Å²) in [5, 5.41) is 13.6. The van der Waals surface area contributed by atoms with E-state index in [1.807, 2.05) is 6.92 Å². The van der Waals surface area contributed by atoms with Crippen LogP contribution in [0.4, 0.5) is 5.69 Å². The Morgan fingerprint density at radius 1 is 1.12 bits per heavy atom. The first-order chi connectivity index (χ1) is 12.5. The molecule has 0 saturated carbocycles. The van der Waals surface area contributed by atoms with Crippen molar-refractivity contribution >= 4 is 17.7 Å². The molecule has 5 nitrogen and oxygen atoms in total. The number of nitrogens with zero attached hydrogens (tertiary/aromatic N) is 1. The Morgan fingerprint density at radius 3 is 2.50 bits per heavy atom. The predicted molar refractivity (Wildman–Crippen MR) is 102 cm³/mol. The van der Waals surface area contributed by atoms with E-state index in [-0.39, 0.29) is 17.6 Å². The first-order valence-corrected chi connectivity index (χ1v) is 8.87. The third kappa shape index (κ3) is 4.36. The summed E-state index contributed by atoms with van der Waals surface area (Å²) in [5.74, 6) is -0.187. The minimum Gasteiger partial charge on any atom is -0.346 e. The second-order valence-electron chi connectivity index (χ2n) is 6.65. The van der Waals surface area contributed by atoms with Gasteiger partial charge in [-0.05, 0) is 73.1 Å². The number of hydrogen-bond donors (Lipinski definition) is 1. The molecule has 5 heteroatoms. The molecule has 0 aromatic heterocycles. The zero-order valence-electron chi connectivity index (χ0n) is 14.8. The zero-order chi connectivity index (χ0) is 18.5. The van der Waals surface area contributed by atoms with Crippen molar-refractivity contribution in [2.75, 3.05) is 0 Å². The fraction of sp³-hybridized carbons (Fsp3) is 0.286. The second-order valence-corrected chi connectivity index (χ2v) is 6.65. The first-order valence-electron chi connectivity index (χ1n) is 8.87. The third-order valence-electron chi connectivity index (χ3n) is 4.76. The van der Waals surface area contributed by atoms with Gasteiger partial charge in [0.1, 0.15) is 0 Å².